The lowest BCUT2D eigenvalue weighted by Gasteiger charge is -2.16. The van der Waals surface area contributed by atoms with Crippen LogP contribution in [0.25, 0.3) is 0 Å². The molecule has 2 rings (SSSR count). The maximum atomic E-state index is 6.00. The fourth-order valence-electron chi connectivity index (χ4n) is 2.08. The fourth-order valence-corrected chi connectivity index (χ4v) is 3.12. The molecule has 0 aliphatic carbocycles. The van der Waals surface area contributed by atoms with Crippen LogP contribution in [0.15, 0.2) is 51.3 Å². The summed E-state index contributed by atoms with van der Waals surface area (Å²) in [6.07, 6.45) is 0. The minimum atomic E-state index is 0.407. The number of benzene rings is 2. The SMILES string of the molecule is CC(C)COc1cc(Sc2ccc(Cl)cc2)c(OCC(C)C)cc1N=[NH2+]. The zero-order valence-corrected chi connectivity index (χ0v) is 17.2. The van der Waals surface area contributed by atoms with Gasteiger partial charge in [0.05, 0.1) is 18.1 Å². The fraction of sp³-hybridized carbons (Fsp3) is 0.400. The van der Waals surface area contributed by atoms with E-state index in [0.29, 0.717) is 41.5 Å². The molecule has 2 aromatic rings. The van der Waals surface area contributed by atoms with Crippen LogP contribution in [-0.4, -0.2) is 13.2 Å². The molecule has 0 saturated heterocycles. The van der Waals surface area contributed by atoms with Gasteiger partial charge >= 0.3 is 0 Å². The second-order valence-corrected chi connectivity index (χ2v) is 8.41. The Labute approximate surface area is 164 Å². The number of hydrogen-bond acceptors (Lipinski definition) is 4. The van der Waals surface area contributed by atoms with Crippen LogP contribution in [0.5, 0.6) is 11.5 Å². The summed E-state index contributed by atoms with van der Waals surface area (Å²) in [5.41, 5.74) is 6.16. The van der Waals surface area contributed by atoms with Crippen molar-refractivity contribution in [2.75, 3.05) is 13.2 Å². The average Bonchev–Trinajstić information content (AvgIpc) is 2.60. The average molecular weight is 394 g/mol. The quantitative estimate of drug-likeness (QED) is 0.580. The van der Waals surface area contributed by atoms with E-state index in [4.69, 9.17) is 26.6 Å². The van der Waals surface area contributed by atoms with Gasteiger partial charge in [-0.15, -0.1) is 0 Å². The molecule has 2 aromatic carbocycles. The van der Waals surface area contributed by atoms with E-state index in [9.17, 15) is 0 Å². The van der Waals surface area contributed by atoms with Crippen LogP contribution < -0.4 is 15.0 Å². The highest BCUT2D eigenvalue weighted by molar-refractivity contribution is 7.99. The van der Waals surface area contributed by atoms with Gasteiger partial charge < -0.3 is 9.47 Å². The first-order valence-corrected chi connectivity index (χ1v) is 9.86. The van der Waals surface area contributed by atoms with Crippen LogP contribution in [0.3, 0.4) is 0 Å². The van der Waals surface area contributed by atoms with E-state index in [1.807, 2.05) is 36.4 Å². The lowest BCUT2D eigenvalue weighted by molar-refractivity contribution is -0.210. The summed E-state index contributed by atoms with van der Waals surface area (Å²) in [7, 11) is 0. The van der Waals surface area contributed by atoms with Crippen molar-refractivity contribution in [3.63, 3.8) is 0 Å². The summed E-state index contributed by atoms with van der Waals surface area (Å²) < 4.78 is 11.9. The van der Waals surface area contributed by atoms with Crippen LogP contribution in [-0.2, 0) is 0 Å². The van der Waals surface area contributed by atoms with E-state index in [0.717, 1.165) is 15.5 Å². The Hall–Kier alpha value is -1.72. The van der Waals surface area contributed by atoms with E-state index in [2.05, 4.69) is 32.8 Å². The van der Waals surface area contributed by atoms with Gasteiger partial charge in [-0.25, -0.2) is 0 Å². The summed E-state index contributed by atoms with van der Waals surface area (Å²) in [5, 5.41) is 4.58. The van der Waals surface area contributed by atoms with Crippen molar-refractivity contribution >= 4 is 29.1 Å². The molecule has 26 heavy (non-hydrogen) atoms. The van der Waals surface area contributed by atoms with Crippen molar-refractivity contribution in [1.29, 1.82) is 0 Å². The van der Waals surface area contributed by atoms with E-state index < -0.39 is 0 Å². The number of ether oxygens (including phenoxy) is 2. The summed E-state index contributed by atoms with van der Waals surface area (Å²) in [6, 6.07) is 11.5. The van der Waals surface area contributed by atoms with Crippen molar-refractivity contribution in [2.45, 2.75) is 37.5 Å². The summed E-state index contributed by atoms with van der Waals surface area (Å²) in [5.74, 6) is 2.23. The van der Waals surface area contributed by atoms with E-state index in [1.165, 1.54) is 0 Å². The number of hydrogen-bond donors (Lipinski definition) is 1. The monoisotopic (exact) mass is 393 g/mol. The third kappa shape index (κ3) is 6.22. The highest BCUT2D eigenvalue weighted by atomic mass is 35.5. The standard InChI is InChI=1S/C20H25ClN2O2S/c1-13(2)11-24-18-10-20(26-16-7-5-15(21)6-8-16)19(9-17(18)23-22)25-12-14(3)4/h5-10,13-14,22H,11-12H2,1-4H3/p+1. The Morgan fingerprint density at radius 2 is 1.54 bits per heavy atom. The molecule has 0 aliphatic rings. The molecule has 0 unspecified atom stereocenters. The van der Waals surface area contributed by atoms with Crippen molar-refractivity contribution < 1.29 is 15.0 Å². The Bertz CT molecular complexity index is 733. The van der Waals surface area contributed by atoms with Gasteiger partial charge in [0.2, 0.25) is 0 Å². The van der Waals surface area contributed by atoms with E-state index >= 15 is 0 Å². The number of nitrogens with zero attached hydrogens (tertiary/aromatic N) is 1. The molecule has 0 spiro atoms. The topological polar surface area (TPSA) is 56.4 Å². The predicted octanol–water partition coefficient (Wildman–Crippen LogP) is 5.40. The molecule has 0 atom stereocenters. The molecule has 4 nitrogen and oxygen atoms in total. The predicted molar refractivity (Wildman–Crippen MR) is 107 cm³/mol. The zero-order chi connectivity index (χ0) is 19.1. The molecular weight excluding hydrogens is 368 g/mol. The molecule has 0 radical (unpaired) electrons. The maximum absolute atomic E-state index is 6.00. The second-order valence-electron chi connectivity index (χ2n) is 6.86. The lowest BCUT2D eigenvalue weighted by atomic mass is 10.2. The molecule has 0 fully saturated rings. The number of halogens is 1. The second kappa shape index (κ2) is 9.83. The normalized spacial score (nSPS) is 11.0. The van der Waals surface area contributed by atoms with Crippen molar-refractivity contribution in [1.82, 2.24) is 0 Å². The van der Waals surface area contributed by atoms with Gasteiger partial charge in [-0.2, -0.15) is 5.53 Å². The molecule has 0 heterocycles. The first kappa shape index (κ1) is 20.6. The third-order valence-corrected chi connectivity index (χ3v) is 4.65. The van der Waals surface area contributed by atoms with Crippen LogP contribution in [0.4, 0.5) is 5.69 Å². The van der Waals surface area contributed by atoms with Crippen molar-refractivity contribution in [3.05, 3.63) is 41.4 Å². The highest BCUT2D eigenvalue weighted by Gasteiger charge is 2.16. The molecule has 140 valence electrons. The van der Waals surface area contributed by atoms with Crippen LogP contribution in [0.2, 0.25) is 5.02 Å². The molecule has 0 bridgehead atoms. The van der Waals surface area contributed by atoms with Gasteiger partial charge in [-0.05, 0) is 41.2 Å². The van der Waals surface area contributed by atoms with Crippen LogP contribution >= 0.6 is 23.4 Å². The molecule has 0 saturated carbocycles. The smallest absolute Gasteiger partial charge is 0.175 e. The van der Waals surface area contributed by atoms with E-state index in [-0.39, 0.29) is 0 Å². The molecule has 0 amide bonds. The first-order valence-electron chi connectivity index (χ1n) is 8.67. The summed E-state index contributed by atoms with van der Waals surface area (Å²) in [4.78, 5) is 2.02. The molecule has 6 heteroatoms. The molecule has 2 N–H and O–H groups in total. The lowest BCUT2D eigenvalue weighted by Crippen LogP contribution is -2.22. The van der Waals surface area contributed by atoms with Gasteiger partial charge in [0.25, 0.3) is 0 Å². The Morgan fingerprint density at radius 3 is 2.08 bits per heavy atom. The van der Waals surface area contributed by atoms with E-state index in [1.54, 1.807) is 11.8 Å². The van der Waals surface area contributed by atoms with Gasteiger partial charge in [0.1, 0.15) is 5.75 Å². The van der Waals surface area contributed by atoms with Crippen molar-refractivity contribution in [2.24, 2.45) is 17.0 Å². The Kier molecular flexibility index (Phi) is 7.79. The minimum absolute atomic E-state index is 0.407. The van der Waals surface area contributed by atoms with Crippen molar-refractivity contribution in [3.8, 4) is 11.5 Å². The molecular formula is C20H26ClN2O2S+. The zero-order valence-electron chi connectivity index (χ0n) is 15.7. The van der Waals surface area contributed by atoms with Gasteiger partial charge in [-0.3, -0.25) is 0 Å². The molecule has 0 aliphatic heterocycles. The molecule has 0 aromatic heterocycles. The van der Waals surface area contributed by atoms with Gasteiger partial charge in [0, 0.05) is 22.1 Å². The minimum Gasteiger partial charge on any atom is -0.492 e. The van der Waals surface area contributed by atoms with Gasteiger partial charge in [0.15, 0.2) is 11.4 Å². The largest absolute Gasteiger partial charge is 0.492 e. The Morgan fingerprint density at radius 1 is 0.962 bits per heavy atom. The Balaban J connectivity index is 2.36. The van der Waals surface area contributed by atoms with Crippen LogP contribution in [0, 0.1) is 11.8 Å². The van der Waals surface area contributed by atoms with Crippen LogP contribution in [0.1, 0.15) is 27.7 Å². The number of nitrogens with two attached hydrogens (primary N) is 1. The summed E-state index contributed by atoms with van der Waals surface area (Å²) in [6.45, 7) is 9.64. The third-order valence-electron chi connectivity index (χ3n) is 3.35. The van der Waals surface area contributed by atoms with Gasteiger partial charge in [-0.1, -0.05) is 51.1 Å². The first-order chi connectivity index (χ1) is 12.4. The maximum Gasteiger partial charge on any atom is 0.175 e. The highest BCUT2D eigenvalue weighted by Crippen LogP contribution is 2.42. The number of rotatable bonds is 9. The summed E-state index contributed by atoms with van der Waals surface area (Å²) >= 11 is 7.58.